The van der Waals surface area contributed by atoms with Gasteiger partial charge < -0.3 is 15.1 Å². The van der Waals surface area contributed by atoms with Crippen molar-refractivity contribution in [1.29, 1.82) is 0 Å². The van der Waals surface area contributed by atoms with Crippen LogP contribution in [0.25, 0.3) is 0 Å². The Morgan fingerprint density at radius 1 is 1.07 bits per heavy atom. The Morgan fingerprint density at radius 3 is 2.66 bits per heavy atom. The van der Waals surface area contributed by atoms with E-state index in [0.29, 0.717) is 18.1 Å². The monoisotopic (exact) mass is 390 g/mol. The number of carbonyl (C=O) groups is 2. The Balaban J connectivity index is 1.41. The lowest BCUT2D eigenvalue weighted by Gasteiger charge is -2.01. The molecule has 2 amide bonds. The van der Waals surface area contributed by atoms with Gasteiger partial charge in [-0.05, 0) is 17.7 Å². The third-order valence-corrected chi connectivity index (χ3v) is 4.18. The summed E-state index contributed by atoms with van der Waals surface area (Å²) in [6.07, 6.45) is 4.73. The second-order valence-electron chi connectivity index (χ2n) is 6.34. The maximum absolute atomic E-state index is 12.5. The fourth-order valence-electron chi connectivity index (χ4n) is 2.76. The van der Waals surface area contributed by atoms with Gasteiger partial charge in [0.2, 0.25) is 0 Å². The molecule has 9 heteroatoms. The number of carbonyl (C=O) groups excluding carboxylic acids is 2. The van der Waals surface area contributed by atoms with Gasteiger partial charge in [-0.15, -0.1) is 0 Å². The van der Waals surface area contributed by atoms with E-state index in [0.717, 1.165) is 5.56 Å². The number of aromatic nitrogens is 4. The highest BCUT2D eigenvalue weighted by Gasteiger charge is 2.17. The molecule has 0 aliphatic carbocycles. The Hall–Kier alpha value is -4.14. The highest BCUT2D eigenvalue weighted by molar-refractivity contribution is 6.05. The summed E-state index contributed by atoms with van der Waals surface area (Å²) in [6.45, 7) is 0.600. The largest absolute Gasteiger partial charge is 0.459 e. The summed E-state index contributed by atoms with van der Waals surface area (Å²) in [5.74, 6) is -0.287. The van der Waals surface area contributed by atoms with Crippen molar-refractivity contribution < 1.29 is 14.0 Å². The van der Waals surface area contributed by atoms with Crippen LogP contribution in [0.3, 0.4) is 0 Å². The van der Waals surface area contributed by atoms with Crippen LogP contribution in [0.4, 0.5) is 11.5 Å². The summed E-state index contributed by atoms with van der Waals surface area (Å²) >= 11 is 0. The van der Waals surface area contributed by atoms with Gasteiger partial charge in [0.25, 0.3) is 11.8 Å². The Kier molecular flexibility index (Phi) is 4.93. The summed E-state index contributed by atoms with van der Waals surface area (Å²) in [4.78, 5) is 24.6. The first-order valence-corrected chi connectivity index (χ1v) is 8.85. The standard InChI is InChI=1S/C20H18N6O3/c1-25-18(23-20(28)17-8-5-9-29-17)10-16(24-25)19(27)22-15-11-21-26(13-15)12-14-6-3-2-4-7-14/h2-11,13H,12H2,1H3,(H,22,27)(H,23,28). The van der Waals surface area contributed by atoms with Crippen molar-refractivity contribution in [2.24, 2.45) is 7.05 Å². The van der Waals surface area contributed by atoms with Crippen LogP contribution in [0, 0.1) is 0 Å². The molecule has 0 saturated carbocycles. The summed E-state index contributed by atoms with van der Waals surface area (Å²) in [5.41, 5.74) is 1.82. The molecule has 4 aromatic rings. The number of amides is 2. The Labute approximate surface area is 165 Å². The van der Waals surface area contributed by atoms with Crippen LogP contribution in [-0.2, 0) is 13.6 Å². The van der Waals surface area contributed by atoms with Crippen LogP contribution in [0.5, 0.6) is 0 Å². The smallest absolute Gasteiger partial charge is 0.292 e. The molecule has 0 radical (unpaired) electrons. The summed E-state index contributed by atoms with van der Waals surface area (Å²) < 4.78 is 8.20. The number of hydrogen-bond acceptors (Lipinski definition) is 5. The minimum Gasteiger partial charge on any atom is -0.459 e. The van der Waals surface area contributed by atoms with Crippen molar-refractivity contribution in [3.05, 3.63) is 84.2 Å². The number of rotatable bonds is 6. The molecule has 0 spiro atoms. The molecule has 2 N–H and O–H groups in total. The minimum atomic E-state index is -0.424. The van der Waals surface area contributed by atoms with Gasteiger partial charge in [0.1, 0.15) is 5.82 Å². The zero-order chi connectivity index (χ0) is 20.2. The molecule has 0 aliphatic rings. The highest BCUT2D eigenvalue weighted by Crippen LogP contribution is 2.14. The second-order valence-corrected chi connectivity index (χ2v) is 6.34. The van der Waals surface area contributed by atoms with Gasteiger partial charge in [-0.3, -0.25) is 19.0 Å². The lowest BCUT2D eigenvalue weighted by Crippen LogP contribution is -2.13. The van der Waals surface area contributed by atoms with E-state index in [9.17, 15) is 9.59 Å². The van der Waals surface area contributed by atoms with Gasteiger partial charge in [-0.1, -0.05) is 30.3 Å². The quantitative estimate of drug-likeness (QED) is 0.526. The molecule has 4 rings (SSSR count). The fourth-order valence-corrected chi connectivity index (χ4v) is 2.76. The Morgan fingerprint density at radius 2 is 1.90 bits per heavy atom. The highest BCUT2D eigenvalue weighted by atomic mass is 16.3. The third-order valence-electron chi connectivity index (χ3n) is 4.18. The first kappa shape index (κ1) is 18.2. The van der Waals surface area contributed by atoms with E-state index in [2.05, 4.69) is 20.8 Å². The third kappa shape index (κ3) is 4.24. The molecular formula is C20H18N6O3. The van der Waals surface area contributed by atoms with E-state index in [-0.39, 0.29) is 11.5 Å². The summed E-state index contributed by atoms with van der Waals surface area (Å²) in [5, 5.41) is 13.8. The maximum Gasteiger partial charge on any atom is 0.292 e. The van der Waals surface area contributed by atoms with Gasteiger partial charge in [-0.2, -0.15) is 10.2 Å². The molecular weight excluding hydrogens is 372 g/mol. The van der Waals surface area contributed by atoms with Gasteiger partial charge >= 0.3 is 0 Å². The Bertz CT molecular complexity index is 1130. The van der Waals surface area contributed by atoms with Crippen LogP contribution >= 0.6 is 0 Å². The van der Waals surface area contributed by atoms with Crippen molar-refractivity contribution in [3.8, 4) is 0 Å². The number of furan rings is 1. The molecule has 9 nitrogen and oxygen atoms in total. The number of nitrogens with zero attached hydrogens (tertiary/aromatic N) is 4. The number of benzene rings is 1. The number of hydrogen-bond donors (Lipinski definition) is 2. The summed E-state index contributed by atoms with van der Waals surface area (Å²) in [7, 11) is 1.63. The van der Waals surface area contributed by atoms with Crippen molar-refractivity contribution in [2.45, 2.75) is 6.54 Å². The van der Waals surface area contributed by atoms with Crippen LogP contribution in [0.15, 0.2) is 71.6 Å². The van der Waals surface area contributed by atoms with Crippen LogP contribution < -0.4 is 10.6 Å². The fraction of sp³-hybridized carbons (Fsp3) is 0.100. The molecule has 3 aromatic heterocycles. The zero-order valence-corrected chi connectivity index (χ0v) is 15.6. The van der Waals surface area contributed by atoms with Gasteiger partial charge in [0.15, 0.2) is 11.5 Å². The zero-order valence-electron chi connectivity index (χ0n) is 15.6. The molecule has 0 aliphatic heterocycles. The van der Waals surface area contributed by atoms with Crippen LogP contribution in [0.2, 0.25) is 0 Å². The molecule has 1 aromatic carbocycles. The predicted octanol–water partition coefficient (Wildman–Crippen LogP) is 2.76. The van der Waals surface area contributed by atoms with Gasteiger partial charge in [0, 0.05) is 19.3 Å². The maximum atomic E-state index is 12.5. The number of anilines is 2. The van der Waals surface area contributed by atoms with E-state index in [1.54, 1.807) is 36.3 Å². The predicted molar refractivity (Wildman–Crippen MR) is 106 cm³/mol. The van der Waals surface area contributed by atoms with E-state index in [4.69, 9.17) is 4.42 Å². The van der Waals surface area contributed by atoms with E-state index in [1.165, 1.54) is 17.0 Å². The van der Waals surface area contributed by atoms with Crippen LogP contribution in [-0.4, -0.2) is 31.4 Å². The average Bonchev–Trinajstić information content (AvgIpc) is 3.45. The topological polar surface area (TPSA) is 107 Å². The van der Waals surface area contributed by atoms with Gasteiger partial charge in [-0.25, -0.2) is 0 Å². The molecule has 0 unspecified atom stereocenters. The van der Waals surface area contributed by atoms with E-state index < -0.39 is 11.8 Å². The molecule has 3 heterocycles. The average molecular weight is 390 g/mol. The first-order chi connectivity index (χ1) is 14.1. The van der Waals surface area contributed by atoms with E-state index in [1.807, 2.05) is 30.3 Å². The molecule has 29 heavy (non-hydrogen) atoms. The van der Waals surface area contributed by atoms with Crippen molar-refractivity contribution >= 4 is 23.3 Å². The molecule has 0 atom stereocenters. The normalized spacial score (nSPS) is 10.7. The number of nitrogens with one attached hydrogen (secondary N) is 2. The van der Waals surface area contributed by atoms with Gasteiger partial charge in [0.05, 0.1) is 24.7 Å². The van der Waals surface area contributed by atoms with Crippen molar-refractivity contribution in [2.75, 3.05) is 10.6 Å². The lowest BCUT2D eigenvalue weighted by atomic mass is 10.2. The number of aryl methyl sites for hydroxylation is 1. The minimum absolute atomic E-state index is 0.165. The molecule has 0 saturated heterocycles. The lowest BCUT2D eigenvalue weighted by molar-refractivity contribution is 0.0993. The van der Waals surface area contributed by atoms with Crippen molar-refractivity contribution in [1.82, 2.24) is 19.6 Å². The molecule has 146 valence electrons. The molecule has 0 bridgehead atoms. The van der Waals surface area contributed by atoms with E-state index >= 15 is 0 Å². The summed E-state index contributed by atoms with van der Waals surface area (Å²) in [6, 6.07) is 14.6. The first-order valence-electron chi connectivity index (χ1n) is 8.85. The van der Waals surface area contributed by atoms with Crippen LogP contribution in [0.1, 0.15) is 26.6 Å². The SMILES string of the molecule is Cn1nc(C(=O)Nc2cnn(Cc3ccccc3)c2)cc1NC(=O)c1ccco1. The molecule has 0 fully saturated rings. The van der Waals surface area contributed by atoms with Crippen molar-refractivity contribution in [3.63, 3.8) is 0 Å². The second kappa shape index (κ2) is 7.85.